The van der Waals surface area contributed by atoms with E-state index in [0.717, 1.165) is 5.56 Å². The summed E-state index contributed by atoms with van der Waals surface area (Å²) >= 11 is 12.1. The van der Waals surface area contributed by atoms with Crippen LogP contribution in [0.25, 0.3) is 22.5 Å². The third-order valence-corrected chi connectivity index (χ3v) is 3.41. The van der Waals surface area contributed by atoms with Crippen LogP contribution < -0.4 is 5.73 Å². The largest absolute Gasteiger partial charge is 0.380 e. The van der Waals surface area contributed by atoms with E-state index in [9.17, 15) is 0 Å². The first-order valence-corrected chi connectivity index (χ1v) is 6.53. The van der Waals surface area contributed by atoms with Gasteiger partial charge in [0.15, 0.2) is 11.6 Å². The predicted molar refractivity (Wildman–Crippen MR) is 79.6 cm³/mol. The van der Waals surface area contributed by atoms with Gasteiger partial charge in [-0.25, -0.2) is 0 Å². The second kappa shape index (κ2) is 5.15. The molecule has 6 heteroatoms. The molecule has 100 valence electrons. The van der Waals surface area contributed by atoms with Gasteiger partial charge in [-0.05, 0) is 35.9 Å². The van der Waals surface area contributed by atoms with Crippen LogP contribution >= 0.6 is 23.2 Å². The molecule has 1 aromatic carbocycles. The molecule has 0 saturated carbocycles. The zero-order valence-electron chi connectivity index (χ0n) is 10.2. The number of halogens is 2. The van der Waals surface area contributed by atoms with E-state index in [1.165, 1.54) is 0 Å². The zero-order valence-corrected chi connectivity index (χ0v) is 11.7. The molecule has 2 heterocycles. The van der Waals surface area contributed by atoms with Gasteiger partial charge in [0.05, 0.1) is 10.6 Å². The van der Waals surface area contributed by atoms with Crippen LogP contribution in [0.2, 0.25) is 10.0 Å². The Labute approximate surface area is 125 Å². The van der Waals surface area contributed by atoms with E-state index in [0.29, 0.717) is 32.8 Å². The monoisotopic (exact) mass is 305 g/mol. The highest BCUT2D eigenvalue weighted by molar-refractivity contribution is 6.36. The van der Waals surface area contributed by atoms with Crippen molar-refractivity contribution in [2.24, 2.45) is 0 Å². The third-order valence-electron chi connectivity index (χ3n) is 2.86. The molecule has 0 saturated heterocycles. The molecule has 0 aliphatic rings. The van der Waals surface area contributed by atoms with Gasteiger partial charge in [0.2, 0.25) is 0 Å². The Kier molecular flexibility index (Phi) is 3.34. The van der Waals surface area contributed by atoms with Crippen LogP contribution in [0.5, 0.6) is 0 Å². The quantitative estimate of drug-likeness (QED) is 0.767. The van der Waals surface area contributed by atoms with E-state index in [4.69, 9.17) is 33.5 Å². The van der Waals surface area contributed by atoms with Crippen LogP contribution in [0.3, 0.4) is 0 Å². The molecule has 0 fully saturated rings. The fourth-order valence-electron chi connectivity index (χ4n) is 1.96. The molecule has 0 unspecified atom stereocenters. The second-order valence-electron chi connectivity index (χ2n) is 4.13. The van der Waals surface area contributed by atoms with Crippen molar-refractivity contribution >= 4 is 29.0 Å². The average molecular weight is 306 g/mol. The molecule has 0 atom stereocenters. The van der Waals surface area contributed by atoms with Crippen LogP contribution in [0.4, 0.5) is 5.82 Å². The number of nitrogens with two attached hydrogens (primary N) is 1. The Morgan fingerprint density at radius 1 is 1.05 bits per heavy atom. The maximum Gasteiger partial charge on any atom is 0.178 e. The van der Waals surface area contributed by atoms with E-state index in [-0.39, 0.29) is 0 Å². The average Bonchev–Trinajstić information content (AvgIpc) is 2.81. The minimum Gasteiger partial charge on any atom is -0.380 e. The summed E-state index contributed by atoms with van der Waals surface area (Å²) in [5, 5.41) is 4.85. The van der Waals surface area contributed by atoms with Crippen molar-refractivity contribution in [1.82, 2.24) is 10.1 Å². The highest BCUT2D eigenvalue weighted by atomic mass is 35.5. The normalized spacial score (nSPS) is 10.7. The van der Waals surface area contributed by atoms with Gasteiger partial charge in [-0.3, -0.25) is 4.98 Å². The number of aromatic nitrogens is 2. The molecule has 2 N–H and O–H groups in total. The van der Waals surface area contributed by atoms with Gasteiger partial charge in [0.25, 0.3) is 0 Å². The number of anilines is 1. The van der Waals surface area contributed by atoms with Crippen LogP contribution in [-0.4, -0.2) is 10.1 Å². The minimum atomic E-state index is 0.303. The van der Waals surface area contributed by atoms with Crippen LogP contribution in [-0.2, 0) is 0 Å². The van der Waals surface area contributed by atoms with Gasteiger partial charge in [-0.2, -0.15) is 0 Å². The number of nitrogen functional groups attached to an aromatic ring is 1. The van der Waals surface area contributed by atoms with E-state index < -0.39 is 0 Å². The molecular formula is C14H9Cl2N3O. The van der Waals surface area contributed by atoms with Crippen molar-refractivity contribution in [3.05, 3.63) is 52.8 Å². The lowest BCUT2D eigenvalue weighted by Crippen LogP contribution is -1.89. The van der Waals surface area contributed by atoms with Crippen molar-refractivity contribution in [1.29, 1.82) is 0 Å². The lowest BCUT2D eigenvalue weighted by molar-refractivity contribution is 0.436. The Bertz CT molecular complexity index is 756. The van der Waals surface area contributed by atoms with Crippen molar-refractivity contribution in [3.63, 3.8) is 0 Å². The molecular weight excluding hydrogens is 297 g/mol. The standard InChI is InChI=1S/C14H9Cl2N3O/c15-9-1-2-10(11(16)7-9)13-12(14(17)19-20-13)8-3-5-18-6-4-8/h1-7H,(H2,17,19). The predicted octanol–water partition coefficient (Wildman–Crippen LogP) is 4.29. The van der Waals surface area contributed by atoms with Gasteiger partial charge in [0.1, 0.15) is 0 Å². The van der Waals surface area contributed by atoms with E-state index in [1.807, 2.05) is 12.1 Å². The van der Waals surface area contributed by atoms with Crippen LogP contribution in [0.1, 0.15) is 0 Å². The van der Waals surface area contributed by atoms with E-state index >= 15 is 0 Å². The summed E-state index contributed by atoms with van der Waals surface area (Å²) in [4.78, 5) is 3.98. The molecule has 20 heavy (non-hydrogen) atoms. The zero-order chi connectivity index (χ0) is 14.1. The van der Waals surface area contributed by atoms with E-state index in [1.54, 1.807) is 30.6 Å². The minimum absolute atomic E-state index is 0.303. The number of hydrogen-bond donors (Lipinski definition) is 1. The van der Waals surface area contributed by atoms with Crippen molar-refractivity contribution in [2.45, 2.75) is 0 Å². The summed E-state index contributed by atoms with van der Waals surface area (Å²) in [6, 6.07) is 8.81. The molecule has 0 radical (unpaired) electrons. The van der Waals surface area contributed by atoms with Crippen LogP contribution in [0, 0.1) is 0 Å². The maximum absolute atomic E-state index is 6.21. The van der Waals surface area contributed by atoms with Gasteiger partial charge in [-0.1, -0.05) is 28.4 Å². The Balaban J connectivity index is 2.21. The first kappa shape index (κ1) is 13.0. The van der Waals surface area contributed by atoms with Gasteiger partial charge < -0.3 is 10.3 Å². The fourth-order valence-corrected chi connectivity index (χ4v) is 2.45. The van der Waals surface area contributed by atoms with Crippen LogP contribution in [0.15, 0.2) is 47.2 Å². The van der Waals surface area contributed by atoms with Crippen molar-refractivity contribution < 1.29 is 4.52 Å². The molecule has 3 aromatic rings. The maximum atomic E-state index is 6.21. The molecule has 0 aliphatic heterocycles. The molecule has 0 amide bonds. The molecule has 2 aromatic heterocycles. The lowest BCUT2D eigenvalue weighted by atomic mass is 10.0. The van der Waals surface area contributed by atoms with E-state index in [2.05, 4.69) is 10.1 Å². The van der Waals surface area contributed by atoms with Gasteiger partial charge in [0, 0.05) is 23.0 Å². The number of rotatable bonds is 2. The highest BCUT2D eigenvalue weighted by Crippen LogP contribution is 2.39. The number of hydrogen-bond acceptors (Lipinski definition) is 4. The third kappa shape index (κ3) is 2.24. The number of benzene rings is 1. The smallest absolute Gasteiger partial charge is 0.178 e. The highest BCUT2D eigenvalue weighted by Gasteiger charge is 2.19. The SMILES string of the molecule is Nc1noc(-c2ccc(Cl)cc2Cl)c1-c1ccncc1. The summed E-state index contributed by atoms with van der Waals surface area (Å²) in [6.45, 7) is 0. The first-order valence-electron chi connectivity index (χ1n) is 5.78. The second-order valence-corrected chi connectivity index (χ2v) is 4.98. The fraction of sp³-hybridized carbons (Fsp3) is 0. The Morgan fingerprint density at radius 2 is 1.80 bits per heavy atom. The lowest BCUT2D eigenvalue weighted by Gasteiger charge is -2.04. The van der Waals surface area contributed by atoms with Gasteiger partial charge >= 0.3 is 0 Å². The summed E-state index contributed by atoms with van der Waals surface area (Å²) < 4.78 is 5.33. The molecule has 4 nitrogen and oxygen atoms in total. The molecule has 0 aliphatic carbocycles. The molecule has 0 spiro atoms. The summed E-state index contributed by atoms with van der Waals surface area (Å²) in [5.41, 5.74) is 8.14. The molecule has 3 rings (SSSR count). The molecule has 0 bridgehead atoms. The summed E-state index contributed by atoms with van der Waals surface area (Å²) in [5.74, 6) is 0.813. The Hall–Kier alpha value is -2.04. The van der Waals surface area contributed by atoms with Crippen molar-refractivity contribution in [3.8, 4) is 22.5 Å². The van der Waals surface area contributed by atoms with Crippen molar-refractivity contribution in [2.75, 3.05) is 5.73 Å². The Morgan fingerprint density at radius 3 is 2.50 bits per heavy atom. The number of pyridine rings is 1. The first-order chi connectivity index (χ1) is 9.66. The summed E-state index contributed by atoms with van der Waals surface area (Å²) in [6.07, 6.45) is 3.35. The number of nitrogens with zero attached hydrogens (tertiary/aromatic N) is 2. The summed E-state index contributed by atoms with van der Waals surface area (Å²) in [7, 11) is 0. The topological polar surface area (TPSA) is 64.9 Å². The van der Waals surface area contributed by atoms with Gasteiger partial charge in [-0.15, -0.1) is 0 Å².